The Morgan fingerprint density at radius 2 is 1.80 bits per heavy atom. The second-order valence-corrected chi connectivity index (χ2v) is 9.85. The highest BCUT2D eigenvalue weighted by atomic mass is 16.5. The van der Waals surface area contributed by atoms with Crippen molar-refractivity contribution in [3.05, 3.63) is 29.3 Å². The molecule has 4 rings (SSSR count). The van der Waals surface area contributed by atoms with Crippen LogP contribution in [-0.2, 0) is 20.7 Å². The zero-order valence-electron chi connectivity index (χ0n) is 18.7. The predicted octanol–water partition coefficient (Wildman–Crippen LogP) is 5.96. The van der Waals surface area contributed by atoms with Crippen LogP contribution < -0.4 is 4.74 Å². The van der Waals surface area contributed by atoms with Gasteiger partial charge >= 0.3 is 11.9 Å². The quantitative estimate of drug-likeness (QED) is 0.427. The molecular weight excluding hydrogens is 376 g/mol. The standard InChI is InChI=1S/C26H36O4/c1-4-6-24(27)29-18-9-11-19-17(16-18)8-10-21-20(19)14-15-26(3)22(21)12-13-23(26)30-25(28)7-5-2/h9,11,16,20-23H,4-8,10,12-15H2,1-3H3/t20-,21-,22+,23+,26+/m1/s1. The summed E-state index contributed by atoms with van der Waals surface area (Å²) in [5.74, 6) is 2.40. The van der Waals surface area contributed by atoms with Gasteiger partial charge in [0.2, 0.25) is 0 Å². The molecule has 4 nitrogen and oxygen atoms in total. The van der Waals surface area contributed by atoms with Crippen LogP contribution in [0.4, 0.5) is 0 Å². The van der Waals surface area contributed by atoms with Gasteiger partial charge in [-0.1, -0.05) is 26.8 Å². The molecule has 4 heteroatoms. The number of benzene rings is 1. The first-order chi connectivity index (χ1) is 14.5. The minimum atomic E-state index is -0.144. The molecule has 0 spiro atoms. The molecule has 0 heterocycles. The Morgan fingerprint density at radius 1 is 1.03 bits per heavy atom. The van der Waals surface area contributed by atoms with E-state index < -0.39 is 0 Å². The van der Waals surface area contributed by atoms with Crippen LogP contribution in [0.15, 0.2) is 18.2 Å². The molecule has 1 aromatic rings. The highest BCUT2D eigenvalue weighted by Gasteiger charge is 2.56. The lowest BCUT2D eigenvalue weighted by Gasteiger charge is -2.50. The first-order valence-corrected chi connectivity index (χ1v) is 12.0. The molecule has 0 radical (unpaired) electrons. The van der Waals surface area contributed by atoms with Crippen LogP contribution in [0.2, 0.25) is 0 Å². The van der Waals surface area contributed by atoms with Gasteiger partial charge in [-0.25, -0.2) is 0 Å². The summed E-state index contributed by atoms with van der Waals surface area (Å²) in [6.45, 7) is 6.39. The Balaban J connectivity index is 1.49. The number of esters is 2. The van der Waals surface area contributed by atoms with Crippen molar-refractivity contribution in [1.29, 1.82) is 0 Å². The molecular formula is C26H36O4. The SMILES string of the molecule is CCCC(=O)Oc1ccc2c(c1)CC[C@@H]1[C@@H]2CC[C@]2(C)[C@@H](OC(=O)CCC)CC[C@@H]12. The smallest absolute Gasteiger partial charge is 0.311 e. The van der Waals surface area contributed by atoms with E-state index in [2.05, 4.69) is 19.1 Å². The Labute approximate surface area is 180 Å². The van der Waals surface area contributed by atoms with Gasteiger partial charge in [0.05, 0.1) is 0 Å². The fraction of sp³-hybridized carbons (Fsp3) is 0.692. The fourth-order valence-corrected chi connectivity index (χ4v) is 6.58. The van der Waals surface area contributed by atoms with Crippen molar-refractivity contribution < 1.29 is 19.1 Å². The van der Waals surface area contributed by atoms with Crippen molar-refractivity contribution in [2.75, 3.05) is 0 Å². The van der Waals surface area contributed by atoms with Gasteiger partial charge in [0.1, 0.15) is 11.9 Å². The monoisotopic (exact) mass is 412 g/mol. The van der Waals surface area contributed by atoms with E-state index in [1.54, 1.807) is 0 Å². The summed E-state index contributed by atoms with van der Waals surface area (Å²) in [5, 5.41) is 0. The van der Waals surface area contributed by atoms with E-state index in [0.29, 0.717) is 36.3 Å². The predicted molar refractivity (Wildman–Crippen MR) is 116 cm³/mol. The van der Waals surface area contributed by atoms with E-state index in [4.69, 9.17) is 9.47 Å². The third kappa shape index (κ3) is 3.90. The summed E-state index contributed by atoms with van der Waals surface area (Å²) in [5.41, 5.74) is 2.93. The van der Waals surface area contributed by atoms with E-state index >= 15 is 0 Å². The van der Waals surface area contributed by atoms with Crippen molar-refractivity contribution in [2.45, 2.75) is 97.0 Å². The van der Waals surface area contributed by atoms with Gasteiger partial charge in [-0.3, -0.25) is 9.59 Å². The molecule has 2 saturated carbocycles. The van der Waals surface area contributed by atoms with Crippen LogP contribution in [0.3, 0.4) is 0 Å². The van der Waals surface area contributed by atoms with Crippen LogP contribution >= 0.6 is 0 Å². The first-order valence-electron chi connectivity index (χ1n) is 12.0. The van der Waals surface area contributed by atoms with Gasteiger partial charge < -0.3 is 9.47 Å². The van der Waals surface area contributed by atoms with Gasteiger partial charge in [0.25, 0.3) is 0 Å². The first kappa shape index (κ1) is 21.4. The topological polar surface area (TPSA) is 52.6 Å². The maximum atomic E-state index is 12.2. The number of carbonyl (C=O) groups is 2. The number of hydrogen-bond donors (Lipinski definition) is 0. The second kappa shape index (κ2) is 8.72. The van der Waals surface area contributed by atoms with Crippen molar-refractivity contribution in [3.8, 4) is 5.75 Å². The van der Waals surface area contributed by atoms with Crippen LogP contribution in [0.1, 0.15) is 95.6 Å². The number of hydrogen-bond acceptors (Lipinski definition) is 4. The van der Waals surface area contributed by atoms with Crippen molar-refractivity contribution in [3.63, 3.8) is 0 Å². The molecule has 3 aliphatic carbocycles. The van der Waals surface area contributed by atoms with Crippen LogP contribution in [0.5, 0.6) is 5.75 Å². The summed E-state index contributed by atoms with van der Waals surface area (Å²) >= 11 is 0. The highest BCUT2D eigenvalue weighted by molar-refractivity contribution is 5.72. The van der Waals surface area contributed by atoms with Crippen molar-refractivity contribution in [2.24, 2.45) is 17.3 Å². The maximum Gasteiger partial charge on any atom is 0.311 e. The van der Waals surface area contributed by atoms with Crippen molar-refractivity contribution in [1.82, 2.24) is 0 Å². The lowest BCUT2D eigenvalue weighted by Crippen LogP contribution is -2.45. The summed E-state index contributed by atoms with van der Waals surface area (Å²) < 4.78 is 11.5. The molecule has 30 heavy (non-hydrogen) atoms. The third-order valence-corrected chi connectivity index (χ3v) is 8.02. The fourth-order valence-electron chi connectivity index (χ4n) is 6.58. The molecule has 1 aromatic carbocycles. The number of carbonyl (C=O) groups excluding carboxylic acids is 2. The molecule has 164 valence electrons. The zero-order valence-corrected chi connectivity index (χ0v) is 18.7. The van der Waals surface area contributed by atoms with Gasteiger partial charge in [-0.05, 0) is 92.4 Å². The molecule has 0 amide bonds. The molecule has 5 atom stereocenters. The maximum absolute atomic E-state index is 12.2. The van der Waals surface area contributed by atoms with E-state index in [9.17, 15) is 9.59 Å². The number of rotatable bonds is 6. The summed E-state index contributed by atoms with van der Waals surface area (Å²) in [4.78, 5) is 24.0. The third-order valence-electron chi connectivity index (χ3n) is 8.02. The van der Waals surface area contributed by atoms with Crippen LogP contribution in [0.25, 0.3) is 0 Å². The second-order valence-electron chi connectivity index (χ2n) is 9.85. The number of ether oxygens (including phenoxy) is 2. The van der Waals surface area contributed by atoms with Gasteiger partial charge in [-0.15, -0.1) is 0 Å². The molecule has 0 aliphatic heterocycles. The molecule has 0 aromatic heterocycles. The van der Waals surface area contributed by atoms with Gasteiger partial charge in [0, 0.05) is 18.3 Å². The molecule has 0 unspecified atom stereocenters. The molecule has 2 fully saturated rings. The number of aryl methyl sites for hydroxylation is 1. The van der Waals surface area contributed by atoms with Crippen LogP contribution in [0, 0.1) is 17.3 Å². The average Bonchev–Trinajstić information content (AvgIpc) is 3.04. The molecule has 0 N–H and O–H groups in total. The van der Waals surface area contributed by atoms with Gasteiger partial charge in [0.15, 0.2) is 0 Å². The average molecular weight is 413 g/mol. The van der Waals surface area contributed by atoms with Gasteiger partial charge in [-0.2, -0.15) is 0 Å². The molecule has 3 aliphatic rings. The van der Waals surface area contributed by atoms with E-state index in [0.717, 1.165) is 38.5 Å². The number of fused-ring (bicyclic) bond motifs is 5. The van der Waals surface area contributed by atoms with E-state index in [1.807, 2.05) is 19.9 Å². The largest absolute Gasteiger partial charge is 0.462 e. The van der Waals surface area contributed by atoms with Crippen LogP contribution in [-0.4, -0.2) is 18.0 Å². The van der Waals surface area contributed by atoms with E-state index in [-0.39, 0.29) is 23.5 Å². The highest BCUT2D eigenvalue weighted by Crippen LogP contribution is 2.61. The normalized spacial score (nSPS) is 32.0. The summed E-state index contributed by atoms with van der Waals surface area (Å²) in [7, 11) is 0. The summed E-state index contributed by atoms with van der Waals surface area (Å²) in [6.07, 6.45) is 9.42. The summed E-state index contributed by atoms with van der Waals surface area (Å²) in [6, 6.07) is 6.28. The Hall–Kier alpha value is -1.84. The Kier molecular flexibility index (Phi) is 6.22. The zero-order chi connectivity index (χ0) is 21.3. The Bertz CT molecular complexity index is 800. The minimum Gasteiger partial charge on any atom is -0.462 e. The lowest BCUT2D eigenvalue weighted by molar-refractivity contribution is -0.157. The van der Waals surface area contributed by atoms with E-state index in [1.165, 1.54) is 24.0 Å². The van der Waals surface area contributed by atoms with Crippen molar-refractivity contribution >= 4 is 11.9 Å². The molecule has 0 saturated heterocycles. The minimum absolute atomic E-state index is 0.0226. The molecule has 0 bridgehead atoms. The lowest BCUT2D eigenvalue weighted by atomic mass is 9.55. The Morgan fingerprint density at radius 3 is 2.57 bits per heavy atom.